The molecule has 1 aliphatic heterocycles. The zero-order valence-electron chi connectivity index (χ0n) is 14.9. The van der Waals surface area contributed by atoms with Gasteiger partial charge in [-0.15, -0.1) is 0 Å². The minimum Gasteiger partial charge on any atom is -0.489 e. The Balaban J connectivity index is 1.29. The molecule has 0 radical (unpaired) electrons. The number of carbonyl (C=O) groups is 2. The van der Waals surface area contributed by atoms with Gasteiger partial charge in [0.1, 0.15) is 12.4 Å². The maximum atomic E-state index is 12.4. The van der Waals surface area contributed by atoms with Crippen molar-refractivity contribution in [3.63, 3.8) is 0 Å². The first kappa shape index (κ1) is 17.9. The van der Waals surface area contributed by atoms with Crippen molar-refractivity contribution in [2.75, 3.05) is 11.9 Å². The lowest BCUT2D eigenvalue weighted by Gasteiger charge is -2.15. The molecule has 1 unspecified atom stereocenters. The van der Waals surface area contributed by atoms with E-state index < -0.39 is 0 Å². The van der Waals surface area contributed by atoms with Gasteiger partial charge in [0.25, 0.3) is 0 Å². The molecular formula is C21H21ClN2O3. The molecule has 4 rings (SSSR count). The summed E-state index contributed by atoms with van der Waals surface area (Å²) < 4.78 is 5.75. The van der Waals surface area contributed by atoms with E-state index in [2.05, 4.69) is 5.32 Å². The molecule has 2 aromatic rings. The van der Waals surface area contributed by atoms with Gasteiger partial charge in [0.05, 0.1) is 5.92 Å². The predicted octanol–water partition coefficient (Wildman–Crippen LogP) is 3.87. The largest absolute Gasteiger partial charge is 0.489 e. The van der Waals surface area contributed by atoms with Gasteiger partial charge in [-0.2, -0.15) is 0 Å². The molecule has 5 nitrogen and oxygen atoms in total. The van der Waals surface area contributed by atoms with Crippen LogP contribution in [0.1, 0.15) is 24.8 Å². The number of amides is 2. The van der Waals surface area contributed by atoms with Crippen LogP contribution in [0.4, 0.5) is 5.69 Å². The monoisotopic (exact) mass is 384 g/mol. The van der Waals surface area contributed by atoms with Crippen molar-refractivity contribution in [2.45, 2.75) is 31.9 Å². The molecule has 1 saturated heterocycles. The molecule has 2 fully saturated rings. The van der Waals surface area contributed by atoms with Gasteiger partial charge in [-0.05, 0) is 54.8 Å². The van der Waals surface area contributed by atoms with E-state index in [9.17, 15) is 9.59 Å². The van der Waals surface area contributed by atoms with Gasteiger partial charge in [-0.1, -0.05) is 23.7 Å². The van der Waals surface area contributed by atoms with Crippen LogP contribution in [0.3, 0.4) is 0 Å². The third-order valence-electron chi connectivity index (χ3n) is 4.96. The topological polar surface area (TPSA) is 58.6 Å². The predicted molar refractivity (Wildman–Crippen MR) is 104 cm³/mol. The molecule has 27 heavy (non-hydrogen) atoms. The van der Waals surface area contributed by atoms with Crippen LogP contribution in [-0.2, 0) is 16.2 Å². The minimum absolute atomic E-state index is 0.0960. The van der Waals surface area contributed by atoms with Crippen molar-refractivity contribution < 1.29 is 14.3 Å². The fraction of sp³-hybridized carbons (Fsp3) is 0.333. The Morgan fingerprint density at radius 3 is 2.48 bits per heavy atom. The van der Waals surface area contributed by atoms with E-state index in [1.807, 2.05) is 53.4 Å². The number of nitrogens with zero attached hydrogens (tertiary/aromatic N) is 1. The van der Waals surface area contributed by atoms with E-state index in [4.69, 9.17) is 16.3 Å². The van der Waals surface area contributed by atoms with Gasteiger partial charge in [0.15, 0.2) is 0 Å². The van der Waals surface area contributed by atoms with Gasteiger partial charge in [0, 0.05) is 29.7 Å². The van der Waals surface area contributed by atoms with E-state index in [1.165, 1.54) is 0 Å². The van der Waals surface area contributed by atoms with Crippen molar-refractivity contribution in [3.05, 3.63) is 59.1 Å². The van der Waals surface area contributed by atoms with Crippen molar-refractivity contribution in [1.82, 2.24) is 4.90 Å². The number of benzene rings is 2. The first-order valence-electron chi connectivity index (χ1n) is 9.16. The van der Waals surface area contributed by atoms with Crippen molar-refractivity contribution in [3.8, 4) is 5.75 Å². The lowest BCUT2D eigenvalue weighted by atomic mass is 10.1. The maximum Gasteiger partial charge on any atom is 0.229 e. The van der Waals surface area contributed by atoms with Crippen LogP contribution in [0.2, 0.25) is 5.02 Å². The van der Waals surface area contributed by atoms with Crippen LogP contribution < -0.4 is 10.1 Å². The molecule has 0 aromatic heterocycles. The fourth-order valence-electron chi connectivity index (χ4n) is 3.27. The van der Waals surface area contributed by atoms with E-state index in [1.54, 1.807) is 0 Å². The van der Waals surface area contributed by atoms with Crippen LogP contribution in [0, 0.1) is 5.92 Å². The summed E-state index contributed by atoms with van der Waals surface area (Å²) in [5.41, 5.74) is 1.74. The van der Waals surface area contributed by atoms with E-state index in [-0.39, 0.29) is 17.7 Å². The second kappa shape index (κ2) is 7.61. The Labute approximate surface area is 163 Å². The van der Waals surface area contributed by atoms with Crippen LogP contribution in [0.25, 0.3) is 0 Å². The third-order valence-corrected chi connectivity index (χ3v) is 5.21. The minimum atomic E-state index is -0.265. The summed E-state index contributed by atoms with van der Waals surface area (Å²) in [4.78, 5) is 26.3. The van der Waals surface area contributed by atoms with Gasteiger partial charge < -0.3 is 15.0 Å². The summed E-state index contributed by atoms with van der Waals surface area (Å²) in [6.07, 6.45) is 2.44. The van der Waals surface area contributed by atoms with Gasteiger partial charge in [0.2, 0.25) is 11.8 Å². The molecule has 0 bridgehead atoms. The highest BCUT2D eigenvalue weighted by atomic mass is 35.5. The van der Waals surface area contributed by atoms with Crippen LogP contribution in [0.15, 0.2) is 48.5 Å². The second-order valence-electron chi connectivity index (χ2n) is 7.11. The molecule has 1 atom stereocenters. The number of ether oxygens (including phenoxy) is 1. The molecule has 1 aliphatic carbocycles. The number of anilines is 1. The number of rotatable bonds is 6. The Morgan fingerprint density at radius 2 is 1.81 bits per heavy atom. The molecule has 2 aromatic carbocycles. The molecule has 140 valence electrons. The van der Waals surface area contributed by atoms with E-state index in [0.29, 0.717) is 36.3 Å². The quantitative estimate of drug-likeness (QED) is 0.822. The molecule has 1 saturated carbocycles. The number of hydrogen-bond donors (Lipinski definition) is 1. The summed E-state index contributed by atoms with van der Waals surface area (Å²) in [5.74, 6) is 0.461. The van der Waals surface area contributed by atoms with Crippen LogP contribution >= 0.6 is 11.6 Å². The van der Waals surface area contributed by atoms with Crippen molar-refractivity contribution in [2.24, 2.45) is 5.92 Å². The Hall–Kier alpha value is -2.53. The average molecular weight is 385 g/mol. The maximum absolute atomic E-state index is 12.4. The zero-order chi connectivity index (χ0) is 18.8. The zero-order valence-corrected chi connectivity index (χ0v) is 15.6. The van der Waals surface area contributed by atoms with Crippen molar-refractivity contribution in [1.29, 1.82) is 0 Å². The summed E-state index contributed by atoms with van der Waals surface area (Å²) in [7, 11) is 0. The second-order valence-corrected chi connectivity index (χ2v) is 7.54. The third kappa shape index (κ3) is 4.42. The standard InChI is InChI=1S/C21H21ClN2O3/c22-16-3-1-14(2-4-16)13-27-19-9-5-17(6-10-19)23-21(26)15-11-20(25)24(12-15)18-7-8-18/h1-6,9-10,15,18H,7-8,11-13H2,(H,23,26). The van der Waals surface area contributed by atoms with Crippen LogP contribution in [-0.4, -0.2) is 29.3 Å². The summed E-state index contributed by atoms with van der Waals surface area (Å²) in [6, 6.07) is 15.1. The molecule has 1 heterocycles. The lowest BCUT2D eigenvalue weighted by molar-refractivity contribution is -0.128. The number of nitrogens with one attached hydrogen (secondary N) is 1. The Bertz CT molecular complexity index is 832. The highest BCUT2D eigenvalue weighted by Crippen LogP contribution is 2.33. The van der Waals surface area contributed by atoms with Crippen molar-refractivity contribution >= 4 is 29.1 Å². The smallest absolute Gasteiger partial charge is 0.229 e. The van der Waals surface area contributed by atoms with Gasteiger partial charge in [-0.3, -0.25) is 9.59 Å². The van der Waals surface area contributed by atoms with E-state index >= 15 is 0 Å². The SMILES string of the molecule is O=C(Nc1ccc(OCc2ccc(Cl)cc2)cc1)C1CC(=O)N(C2CC2)C1. The molecule has 2 amide bonds. The Kier molecular flexibility index (Phi) is 5.03. The summed E-state index contributed by atoms with van der Waals surface area (Å²) in [5, 5.41) is 3.60. The normalized spacial score (nSPS) is 19.2. The molecule has 0 spiro atoms. The number of halogens is 1. The first-order valence-corrected chi connectivity index (χ1v) is 9.54. The molecule has 2 aliphatic rings. The average Bonchev–Trinajstić information content (AvgIpc) is 3.44. The van der Waals surface area contributed by atoms with E-state index in [0.717, 1.165) is 24.2 Å². The summed E-state index contributed by atoms with van der Waals surface area (Å²) >= 11 is 5.87. The van der Waals surface area contributed by atoms with Gasteiger partial charge >= 0.3 is 0 Å². The summed E-state index contributed by atoms with van der Waals surface area (Å²) in [6.45, 7) is 0.988. The highest BCUT2D eigenvalue weighted by molar-refractivity contribution is 6.30. The Morgan fingerprint density at radius 1 is 1.11 bits per heavy atom. The number of likely N-dealkylation sites (tertiary alicyclic amines) is 1. The number of carbonyl (C=O) groups excluding carboxylic acids is 2. The van der Waals surface area contributed by atoms with Crippen LogP contribution in [0.5, 0.6) is 5.75 Å². The fourth-order valence-corrected chi connectivity index (χ4v) is 3.40. The first-order chi connectivity index (χ1) is 13.1. The molecular weight excluding hydrogens is 364 g/mol. The molecule has 6 heteroatoms. The molecule has 1 N–H and O–H groups in total. The number of hydrogen-bond acceptors (Lipinski definition) is 3. The highest BCUT2D eigenvalue weighted by Gasteiger charge is 2.41. The van der Waals surface area contributed by atoms with Gasteiger partial charge in [-0.25, -0.2) is 0 Å². The lowest BCUT2D eigenvalue weighted by Crippen LogP contribution is -2.29.